The molecule has 2 heterocycles. The van der Waals surface area contributed by atoms with Gasteiger partial charge in [0.2, 0.25) is 0 Å². The fourth-order valence-corrected chi connectivity index (χ4v) is 7.19. The number of aliphatic carboxylic acids is 1. The van der Waals surface area contributed by atoms with Gasteiger partial charge in [-0.25, -0.2) is 19.2 Å². The maximum Gasteiger partial charge on any atom is 0.407 e. The first-order valence-electron chi connectivity index (χ1n) is 20.5. The Hall–Kier alpha value is -6.50. The van der Waals surface area contributed by atoms with Crippen LogP contribution in [0.25, 0.3) is 0 Å². The van der Waals surface area contributed by atoms with Crippen molar-refractivity contribution < 1.29 is 72.4 Å². The molecule has 4 N–H and O–H groups in total. The van der Waals surface area contributed by atoms with Crippen LogP contribution < -0.4 is 5.32 Å². The average Bonchev–Trinajstić information content (AvgIpc) is 3.32. The number of aliphatic hydroxyl groups is 2. The minimum absolute atomic E-state index is 0.107. The minimum atomic E-state index is -1.99. The van der Waals surface area contributed by atoms with Crippen LogP contribution in [0.2, 0.25) is 0 Å². The molecule has 16 heteroatoms. The highest BCUT2D eigenvalue weighted by atomic mass is 16.7. The summed E-state index contributed by atoms with van der Waals surface area (Å²) >= 11 is 0. The van der Waals surface area contributed by atoms with Crippen molar-refractivity contribution in [3.8, 4) is 0 Å². The normalized spacial score (nSPS) is 25.3. The molecule has 7 rings (SSSR count). The number of carbonyl (C=O) groups excluding carboxylic acids is 3. The van der Waals surface area contributed by atoms with E-state index in [4.69, 9.17) is 37.9 Å². The molecule has 16 nitrogen and oxygen atoms in total. The Morgan fingerprint density at radius 2 is 1.03 bits per heavy atom. The highest BCUT2D eigenvalue weighted by Crippen LogP contribution is 2.34. The van der Waals surface area contributed by atoms with E-state index in [-0.39, 0.29) is 30.9 Å². The molecule has 5 aromatic rings. The summed E-state index contributed by atoms with van der Waals surface area (Å²) in [6, 6.07) is 41.1. The number of amides is 1. The van der Waals surface area contributed by atoms with Crippen LogP contribution in [0.1, 0.15) is 37.4 Å². The van der Waals surface area contributed by atoms with E-state index in [2.05, 4.69) is 5.32 Å². The van der Waals surface area contributed by atoms with Gasteiger partial charge < -0.3 is 58.5 Å². The molecule has 0 saturated carbocycles. The highest BCUT2D eigenvalue weighted by molar-refractivity contribution is 5.90. The van der Waals surface area contributed by atoms with E-state index >= 15 is 0 Å². The third-order valence-corrected chi connectivity index (χ3v) is 10.4. The molecule has 0 spiro atoms. The van der Waals surface area contributed by atoms with Crippen LogP contribution in [0.15, 0.2) is 152 Å². The van der Waals surface area contributed by atoms with Gasteiger partial charge in [-0.3, -0.25) is 0 Å². The fraction of sp³-hybridized carbons (Fsp3) is 0.292. The van der Waals surface area contributed by atoms with Crippen molar-refractivity contribution in [1.82, 2.24) is 5.32 Å². The number of aliphatic hydroxyl groups excluding tert-OH is 2. The second-order valence-corrected chi connectivity index (χ2v) is 14.9. The van der Waals surface area contributed by atoms with Gasteiger partial charge in [-0.1, -0.05) is 127 Å². The first kappa shape index (κ1) is 45.5. The molecule has 2 saturated heterocycles. The van der Waals surface area contributed by atoms with Gasteiger partial charge in [-0.2, -0.15) is 0 Å². The number of nitrogens with one attached hydrogen (secondary N) is 1. The smallest absolute Gasteiger partial charge is 0.407 e. The summed E-state index contributed by atoms with van der Waals surface area (Å²) in [5.41, 5.74) is 2.31. The van der Waals surface area contributed by atoms with Crippen LogP contribution >= 0.6 is 0 Å². The monoisotopic (exact) mass is 877 g/mol. The number of benzene rings is 5. The largest absolute Gasteiger partial charge is 0.479 e. The van der Waals surface area contributed by atoms with Crippen molar-refractivity contribution in [2.75, 3.05) is 6.61 Å². The molecular formula is C48H47NO15. The van der Waals surface area contributed by atoms with Crippen molar-refractivity contribution >= 4 is 24.0 Å². The number of esters is 2. The van der Waals surface area contributed by atoms with E-state index in [1.807, 2.05) is 6.07 Å². The van der Waals surface area contributed by atoms with Gasteiger partial charge in [0.25, 0.3) is 0 Å². The molecule has 1 amide bonds. The molecule has 0 bridgehead atoms. The predicted octanol–water partition coefficient (Wildman–Crippen LogP) is 4.81. The summed E-state index contributed by atoms with van der Waals surface area (Å²) in [5, 5.41) is 36.1. The lowest BCUT2D eigenvalue weighted by Gasteiger charge is -2.48. The number of carboxylic acid groups (broad SMARTS) is 1. The first-order valence-corrected chi connectivity index (χ1v) is 20.5. The zero-order valence-corrected chi connectivity index (χ0v) is 34.3. The molecule has 10 atom stereocenters. The first-order chi connectivity index (χ1) is 31.1. The Bertz CT molecular complexity index is 2250. The summed E-state index contributed by atoms with van der Waals surface area (Å²) in [4.78, 5) is 53.2. The number of carbonyl (C=O) groups is 4. The lowest BCUT2D eigenvalue weighted by molar-refractivity contribution is -0.346. The lowest BCUT2D eigenvalue weighted by Crippen LogP contribution is -2.68. The number of hydrogen-bond donors (Lipinski definition) is 4. The fourth-order valence-electron chi connectivity index (χ4n) is 7.19. The van der Waals surface area contributed by atoms with Gasteiger partial charge in [-0.15, -0.1) is 0 Å². The van der Waals surface area contributed by atoms with Crippen molar-refractivity contribution in [2.24, 2.45) is 0 Å². The van der Waals surface area contributed by atoms with E-state index in [9.17, 15) is 34.5 Å². The molecule has 2 aliphatic rings. The van der Waals surface area contributed by atoms with E-state index in [0.717, 1.165) is 0 Å². The zero-order valence-electron chi connectivity index (χ0n) is 34.3. The second-order valence-electron chi connectivity index (χ2n) is 14.9. The van der Waals surface area contributed by atoms with Crippen LogP contribution in [0.4, 0.5) is 4.79 Å². The number of carboxylic acids is 1. The molecule has 64 heavy (non-hydrogen) atoms. The molecule has 0 aliphatic carbocycles. The van der Waals surface area contributed by atoms with Crippen LogP contribution in [-0.2, 0) is 62.5 Å². The van der Waals surface area contributed by atoms with E-state index < -0.39 is 92.0 Å². The molecule has 5 aromatic carbocycles. The minimum Gasteiger partial charge on any atom is -0.479 e. The van der Waals surface area contributed by atoms with E-state index in [1.165, 1.54) is 24.3 Å². The summed E-state index contributed by atoms with van der Waals surface area (Å²) < 4.78 is 48.4. The van der Waals surface area contributed by atoms with Crippen molar-refractivity contribution in [3.63, 3.8) is 0 Å². The standard InChI is InChI=1S/C48H47NO15/c50-37-40(58-27-31-18-8-2-9-19-31)42(62-45(54)34-24-14-5-15-25-34)47(64-41(37)43(51)52)63-38-35(29-59-44(53)33-22-12-4-13-23-33)61-46(55)36(39(38)57-26-30-16-6-1-7-17-30)49-48(56)60-28-32-20-10-3-11-21-32/h1-25,35-42,46-47,50,55H,26-29H2,(H,49,56)(H,51,52)/t35-,36-,37+,38-,39-,40+,41-,42-,46+,47-/m1/s1. The molecule has 334 valence electrons. The van der Waals surface area contributed by atoms with Crippen molar-refractivity contribution in [1.29, 1.82) is 0 Å². The van der Waals surface area contributed by atoms with Gasteiger partial charge in [0.15, 0.2) is 24.8 Å². The maximum atomic E-state index is 13.8. The molecule has 0 radical (unpaired) electrons. The lowest BCUT2D eigenvalue weighted by atomic mass is 9.95. The Labute approximate surface area is 368 Å². The Kier molecular flexibility index (Phi) is 15.8. The van der Waals surface area contributed by atoms with Gasteiger partial charge >= 0.3 is 24.0 Å². The average molecular weight is 878 g/mol. The van der Waals surface area contributed by atoms with Crippen LogP contribution in [0, 0.1) is 0 Å². The summed E-state index contributed by atoms with van der Waals surface area (Å²) in [5.74, 6) is -3.24. The third-order valence-electron chi connectivity index (χ3n) is 10.4. The van der Waals surface area contributed by atoms with E-state index in [0.29, 0.717) is 16.7 Å². The predicted molar refractivity (Wildman–Crippen MR) is 224 cm³/mol. The SMILES string of the molecule is O=C(N[C@@H]1[C@@H](OCc2ccccc2)[C@H](O[C@@H]2O[C@@H](C(=O)O)[C@@H](O)[C@H](OCc3ccccc3)[C@H]2OC(=O)c2ccccc2)[C@@H](COC(=O)c2ccccc2)O[C@@H]1O)OCc1ccccc1. The molecular weight excluding hydrogens is 831 g/mol. The summed E-state index contributed by atoms with van der Waals surface area (Å²) in [6.45, 7) is -0.982. The van der Waals surface area contributed by atoms with Crippen LogP contribution in [0.3, 0.4) is 0 Å². The topological polar surface area (TPSA) is 215 Å². The van der Waals surface area contributed by atoms with Gasteiger partial charge in [0.05, 0.1) is 24.3 Å². The molecule has 2 fully saturated rings. The Morgan fingerprint density at radius 3 is 1.56 bits per heavy atom. The van der Waals surface area contributed by atoms with Crippen LogP contribution in [0.5, 0.6) is 0 Å². The zero-order chi connectivity index (χ0) is 44.8. The molecule has 2 aliphatic heterocycles. The third kappa shape index (κ3) is 11.9. The number of rotatable bonds is 17. The van der Waals surface area contributed by atoms with Crippen LogP contribution in [-0.4, -0.2) is 107 Å². The second kappa shape index (κ2) is 22.2. The Balaban J connectivity index is 1.26. The number of ether oxygens (including phenoxy) is 8. The number of alkyl carbamates (subject to hydrolysis) is 1. The molecule has 0 unspecified atom stereocenters. The quantitative estimate of drug-likeness (QED) is 0.0729. The van der Waals surface area contributed by atoms with Crippen molar-refractivity contribution in [3.05, 3.63) is 179 Å². The Morgan fingerprint density at radius 1 is 0.547 bits per heavy atom. The van der Waals surface area contributed by atoms with Gasteiger partial charge in [0, 0.05) is 0 Å². The maximum absolute atomic E-state index is 13.8. The summed E-state index contributed by atoms with van der Waals surface area (Å²) in [6.07, 6.45) is -16.2. The highest BCUT2D eigenvalue weighted by Gasteiger charge is 2.56. The van der Waals surface area contributed by atoms with Crippen molar-refractivity contribution in [2.45, 2.75) is 81.2 Å². The molecule has 0 aromatic heterocycles. The van der Waals surface area contributed by atoms with Gasteiger partial charge in [-0.05, 0) is 41.0 Å². The van der Waals surface area contributed by atoms with Gasteiger partial charge in [0.1, 0.15) is 49.8 Å². The number of hydrogen-bond acceptors (Lipinski definition) is 14. The van der Waals surface area contributed by atoms with E-state index in [1.54, 1.807) is 121 Å². The summed E-state index contributed by atoms with van der Waals surface area (Å²) in [7, 11) is 0.